The molecule has 0 spiro atoms. The number of hydrogen-bond acceptors (Lipinski definition) is 4. The molecule has 2 amide bonds. The SMILES string of the molecule is CC(NC(=O)c1cc(C2CC2)nc2c1cnn2C(C)C)c1ccc(NC(=O)c2ccc(F)cc2)cc1. The van der Waals surface area contributed by atoms with E-state index >= 15 is 0 Å². The fraction of sp³-hybridized carbons (Fsp3) is 0.286. The van der Waals surface area contributed by atoms with Crippen molar-refractivity contribution in [2.45, 2.75) is 51.6 Å². The summed E-state index contributed by atoms with van der Waals surface area (Å²) in [7, 11) is 0. The lowest BCUT2D eigenvalue weighted by atomic mass is 10.1. The molecule has 1 fully saturated rings. The van der Waals surface area contributed by atoms with Crippen LogP contribution >= 0.6 is 0 Å². The molecule has 36 heavy (non-hydrogen) atoms. The average molecular weight is 486 g/mol. The number of carbonyl (C=O) groups excluding carboxylic acids is 2. The van der Waals surface area contributed by atoms with Crippen LogP contribution in [-0.2, 0) is 0 Å². The van der Waals surface area contributed by atoms with Gasteiger partial charge in [0.15, 0.2) is 5.65 Å². The topological polar surface area (TPSA) is 88.9 Å². The molecule has 184 valence electrons. The molecule has 2 heterocycles. The van der Waals surface area contributed by atoms with E-state index in [-0.39, 0.29) is 23.9 Å². The summed E-state index contributed by atoms with van der Waals surface area (Å²) in [6, 6.07) is 14.4. The molecule has 4 aromatic rings. The van der Waals surface area contributed by atoms with Crippen LogP contribution in [0.4, 0.5) is 10.1 Å². The van der Waals surface area contributed by atoms with Crippen molar-refractivity contribution in [1.29, 1.82) is 0 Å². The summed E-state index contributed by atoms with van der Waals surface area (Å²) in [6.07, 6.45) is 3.91. The lowest BCUT2D eigenvalue weighted by Gasteiger charge is -2.16. The molecular weight excluding hydrogens is 457 g/mol. The van der Waals surface area contributed by atoms with E-state index in [1.54, 1.807) is 18.3 Å². The molecule has 1 unspecified atom stereocenters. The first kappa shape index (κ1) is 23.7. The Morgan fingerprint density at radius 1 is 1.00 bits per heavy atom. The van der Waals surface area contributed by atoms with Gasteiger partial charge in [0.05, 0.1) is 23.2 Å². The van der Waals surface area contributed by atoms with Gasteiger partial charge in [0.25, 0.3) is 11.8 Å². The second-order valence-corrected chi connectivity index (χ2v) is 9.57. The van der Waals surface area contributed by atoms with Crippen LogP contribution in [0.15, 0.2) is 60.8 Å². The first-order chi connectivity index (χ1) is 17.3. The minimum absolute atomic E-state index is 0.140. The van der Waals surface area contributed by atoms with Crippen molar-refractivity contribution in [2.75, 3.05) is 5.32 Å². The van der Waals surface area contributed by atoms with Gasteiger partial charge >= 0.3 is 0 Å². The van der Waals surface area contributed by atoms with Crippen molar-refractivity contribution in [3.63, 3.8) is 0 Å². The van der Waals surface area contributed by atoms with Crippen LogP contribution in [0.1, 0.15) is 83.6 Å². The summed E-state index contributed by atoms with van der Waals surface area (Å²) >= 11 is 0. The molecule has 2 N–H and O–H groups in total. The van der Waals surface area contributed by atoms with Gasteiger partial charge in [-0.3, -0.25) is 9.59 Å². The minimum atomic E-state index is -0.392. The van der Waals surface area contributed by atoms with E-state index in [1.165, 1.54) is 24.3 Å². The molecule has 1 atom stereocenters. The highest BCUT2D eigenvalue weighted by Crippen LogP contribution is 2.40. The van der Waals surface area contributed by atoms with E-state index in [0.717, 1.165) is 35.1 Å². The van der Waals surface area contributed by atoms with Crippen molar-refractivity contribution < 1.29 is 14.0 Å². The number of carbonyl (C=O) groups is 2. The van der Waals surface area contributed by atoms with E-state index in [4.69, 9.17) is 4.98 Å². The normalized spacial score (nSPS) is 14.1. The van der Waals surface area contributed by atoms with E-state index < -0.39 is 5.82 Å². The first-order valence-electron chi connectivity index (χ1n) is 12.2. The molecule has 1 aliphatic carbocycles. The Labute approximate surface area is 208 Å². The number of amides is 2. The number of aromatic nitrogens is 3. The van der Waals surface area contributed by atoms with Crippen LogP contribution in [0.2, 0.25) is 0 Å². The van der Waals surface area contributed by atoms with E-state index in [9.17, 15) is 14.0 Å². The number of rotatable bonds is 7. The van der Waals surface area contributed by atoms with Gasteiger partial charge in [0, 0.05) is 28.9 Å². The molecule has 0 aliphatic heterocycles. The number of halogens is 1. The second kappa shape index (κ2) is 9.53. The predicted molar refractivity (Wildman–Crippen MR) is 137 cm³/mol. The van der Waals surface area contributed by atoms with Crippen molar-refractivity contribution in [2.24, 2.45) is 0 Å². The fourth-order valence-corrected chi connectivity index (χ4v) is 4.21. The molecule has 0 bridgehead atoms. The summed E-state index contributed by atoms with van der Waals surface area (Å²) < 4.78 is 15.0. The number of pyridine rings is 1. The maximum absolute atomic E-state index is 13.4. The van der Waals surface area contributed by atoms with Crippen LogP contribution in [0.5, 0.6) is 0 Å². The molecular formula is C28H28FN5O2. The Bertz CT molecular complexity index is 1420. The monoisotopic (exact) mass is 485 g/mol. The molecule has 8 heteroatoms. The largest absolute Gasteiger partial charge is 0.345 e. The van der Waals surface area contributed by atoms with Gasteiger partial charge in [0.2, 0.25) is 0 Å². The van der Waals surface area contributed by atoms with Crippen molar-refractivity contribution >= 4 is 28.5 Å². The third kappa shape index (κ3) is 4.84. The maximum atomic E-state index is 13.4. The lowest BCUT2D eigenvalue weighted by Crippen LogP contribution is -2.27. The van der Waals surface area contributed by atoms with Crippen LogP contribution < -0.4 is 10.6 Å². The quantitative estimate of drug-likeness (QED) is 0.348. The van der Waals surface area contributed by atoms with Gasteiger partial charge in [0.1, 0.15) is 5.82 Å². The van der Waals surface area contributed by atoms with E-state index in [2.05, 4.69) is 15.7 Å². The Balaban J connectivity index is 1.31. The second-order valence-electron chi connectivity index (χ2n) is 9.57. The molecule has 2 aromatic carbocycles. The molecule has 0 saturated heterocycles. The number of anilines is 1. The van der Waals surface area contributed by atoms with Crippen LogP contribution in [0.25, 0.3) is 11.0 Å². The third-order valence-electron chi connectivity index (χ3n) is 6.44. The van der Waals surface area contributed by atoms with Gasteiger partial charge in [-0.1, -0.05) is 12.1 Å². The smallest absolute Gasteiger partial charge is 0.255 e. The molecule has 2 aromatic heterocycles. The van der Waals surface area contributed by atoms with Crippen LogP contribution in [-0.4, -0.2) is 26.6 Å². The maximum Gasteiger partial charge on any atom is 0.255 e. The Morgan fingerprint density at radius 3 is 2.33 bits per heavy atom. The molecule has 5 rings (SSSR count). The van der Waals surface area contributed by atoms with Crippen molar-refractivity contribution in [1.82, 2.24) is 20.1 Å². The number of hydrogen-bond donors (Lipinski definition) is 2. The summed E-state index contributed by atoms with van der Waals surface area (Å²) in [5.74, 6) is -0.475. The highest BCUT2D eigenvalue weighted by Gasteiger charge is 2.28. The standard InChI is InChI=1S/C28H28FN5O2/c1-16(2)34-26-24(15-30-34)23(14-25(33-26)19-4-5-19)28(36)31-17(3)18-8-12-22(13-9-18)32-27(35)20-6-10-21(29)11-7-20/h6-17,19H,4-5H2,1-3H3,(H,31,36)(H,32,35). The average Bonchev–Trinajstić information content (AvgIpc) is 3.62. The third-order valence-corrected chi connectivity index (χ3v) is 6.44. The first-order valence-corrected chi connectivity index (χ1v) is 12.2. The van der Waals surface area contributed by atoms with E-state index in [1.807, 2.05) is 43.7 Å². The van der Waals surface area contributed by atoms with Crippen molar-refractivity contribution in [3.05, 3.63) is 89.0 Å². The Kier molecular flexibility index (Phi) is 6.26. The van der Waals surface area contributed by atoms with Gasteiger partial charge in [-0.05, 0) is 81.6 Å². The van der Waals surface area contributed by atoms with Crippen molar-refractivity contribution in [3.8, 4) is 0 Å². The van der Waals surface area contributed by atoms with Crippen LogP contribution in [0.3, 0.4) is 0 Å². The van der Waals surface area contributed by atoms with Gasteiger partial charge in [-0.2, -0.15) is 5.10 Å². The zero-order valence-corrected chi connectivity index (χ0v) is 20.5. The zero-order chi connectivity index (χ0) is 25.4. The summed E-state index contributed by atoms with van der Waals surface area (Å²) in [5.41, 5.74) is 4.16. The number of benzene rings is 2. The Morgan fingerprint density at radius 2 is 1.69 bits per heavy atom. The van der Waals surface area contributed by atoms with Gasteiger partial charge in [-0.25, -0.2) is 14.1 Å². The summed E-state index contributed by atoms with van der Waals surface area (Å²) in [5, 5.41) is 11.1. The number of fused-ring (bicyclic) bond motifs is 1. The fourth-order valence-electron chi connectivity index (χ4n) is 4.21. The number of nitrogens with one attached hydrogen (secondary N) is 2. The molecule has 7 nitrogen and oxygen atoms in total. The van der Waals surface area contributed by atoms with Gasteiger partial charge in [-0.15, -0.1) is 0 Å². The molecule has 1 aliphatic rings. The lowest BCUT2D eigenvalue weighted by molar-refractivity contribution is 0.0940. The Hall–Kier alpha value is -4.07. The summed E-state index contributed by atoms with van der Waals surface area (Å²) in [4.78, 5) is 30.6. The van der Waals surface area contributed by atoms with E-state index in [0.29, 0.717) is 22.7 Å². The van der Waals surface area contributed by atoms with Crippen LogP contribution in [0, 0.1) is 5.82 Å². The predicted octanol–water partition coefficient (Wildman–Crippen LogP) is 5.77. The zero-order valence-electron chi connectivity index (χ0n) is 20.5. The molecule has 0 radical (unpaired) electrons. The minimum Gasteiger partial charge on any atom is -0.345 e. The molecule has 1 saturated carbocycles. The van der Waals surface area contributed by atoms with Gasteiger partial charge < -0.3 is 10.6 Å². The summed E-state index contributed by atoms with van der Waals surface area (Å²) in [6.45, 7) is 6.01. The highest BCUT2D eigenvalue weighted by molar-refractivity contribution is 6.06. The highest BCUT2D eigenvalue weighted by atomic mass is 19.1. The number of nitrogens with zero attached hydrogens (tertiary/aromatic N) is 3.